The fourth-order valence-corrected chi connectivity index (χ4v) is 1.79. The molecule has 0 radical (unpaired) electrons. The number of aromatic amines is 1. The normalized spacial score (nSPS) is 10.3. The van der Waals surface area contributed by atoms with Crippen LogP contribution in [0.15, 0.2) is 24.5 Å². The Morgan fingerprint density at radius 2 is 2.22 bits per heavy atom. The first kappa shape index (κ1) is 12.9. The van der Waals surface area contributed by atoms with E-state index in [0.29, 0.717) is 34.4 Å². The van der Waals surface area contributed by atoms with Crippen molar-refractivity contribution in [3.05, 3.63) is 46.0 Å². The lowest BCUT2D eigenvalue weighted by Gasteiger charge is -2.06. The molecule has 1 aromatic carbocycles. The van der Waals surface area contributed by atoms with Crippen LogP contribution in [0.5, 0.6) is 0 Å². The molecule has 18 heavy (non-hydrogen) atoms. The lowest BCUT2D eigenvalue weighted by atomic mass is 10.2. The summed E-state index contributed by atoms with van der Waals surface area (Å²) in [5.41, 5.74) is 0.363. The van der Waals surface area contributed by atoms with Gasteiger partial charge >= 0.3 is 0 Å². The highest BCUT2D eigenvalue weighted by molar-refractivity contribution is 6.35. The van der Waals surface area contributed by atoms with Crippen molar-refractivity contribution in [1.82, 2.24) is 20.5 Å². The Bertz CT molecular complexity index is 542. The van der Waals surface area contributed by atoms with Crippen LogP contribution in [0.4, 0.5) is 0 Å². The van der Waals surface area contributed by atoms with E-state index in [-0.39, 0.29) is 5.91 Å². The first-order valence-electron chi connectivity index (χ1n) is 5.24. The van der Waals surface area contributed by atoms with Crippen LogP contribution in [0.1, 0.15) is 16.2 Å². The highest BCUT2D eigenvalue weighted by Crippen LogP contribution is 2.20. The number of nitrogens with zero attached hydrogens (tertiary/aromatic N) is 2. The molecule has 0 bridgehead atoms. The Kier molecular flexibility index (Phi) is 4.17. The third kappa shape index (κ3) is 3.21. The molecule has 0 spiro atoms. The van der Waals surface area contributed by atoms with Crippen LogP contribution in [0.3, 0.4) is 0 Å². The Hall–Kier alpha value is -1.59. The second kappa shape index (κ2) is 5.84. The molecule has 2 aromatic rings. The molecule has 94 valence electrons. The van der Waals surface area contributed by atoms with E-state index in [9.17, 15) is 4.79 Å². The molecule has 1 aromatic heterocycles. The number of hydrogen-bond donors (Lipinski definition) is 2. The summed E-state index contributed by atoms with van der Waals surface area (Å²) in [6.45, 7) is 0.441. The van der Waals surface area contributed by atoms with E-state index in [1.54, 1.807) is 12.1 Å². The predicted molar refractivity (Wildman–Crippen MR) is 68.9 cm³/mol. The van der Waals surface area contributed by atoms with Crippen LogP contribution < -0.4 is 5.32 Å². The molecule has 0 atom stereocenters. The van der Waals surface area contributed by atoms with Crippen molar-refractivity contribution in [3.8, 4) is 0 Å². The maximum absolute atomic E-state index is 11.8. The van der Waals surface area contributed by atoms with Crippen molar-refractivity contribution >= 4 is 29.1 Å². The minimum atomic E-state index is -0.262. The Morgan fingerprint density at radius 1 is 1.39 bits per heavy atom. The number of hydrogen-bond acceptors (Lipinski definition) is 3. The molecule has 0 fully saturated rings. The number of benzene rings is 1. The minimum Gasteiger partial charge on any atom is -0.352 e. The number of amides is 1. The molecule has 1 heterocycles. The van der Waals surface area contributed by atoms with Crippen LogP contribution in [-0.4, -0.2) is 27.6 Å². The molecule has 1 amide bonds. The lowest BCUT2D eigenvalue weighted by Crippen LogP contribution is -2.26. The summed E-state index contributed by atoms with van der Waals surface area (Å²) in [7, 11) is 0. The Labute approximate surface area is 114 Å². The Morgan fingerprint density at radius 3 is 2.94 bits per heavy atom. The van der Waals surface area contributed by atoms with Crippen LogP contribution in [0, 0.1) is 0 Å². The van der Waals surface area contributed by atoms with Crippen LogP contribution in [-0.2, 0) is 6.42 Å². The fourth-order valence-electron chi connectivity index (χ4n) is 1.41. The van der Waals surface area contributed by atoms with Crippen molar-refractivity contribution < 1.29 is 4.79 Å². The van der Waals surface area contributed by atoms with Crippen molar-refractivity contribution in [2.45, 2.75) is 6.42 Å². The van der Waals surface area contributed by atoms with E-state index in [4.69, 9.17) is 23.2 Å². The quantitative estimate of drug-likeness (QED) is 0.903. The number of halogens is 2. The number of carbonyl (C=O) groups is 1. The van der Waals surface area contributed by atoms with Gasteiger partial charge in [-0.2, -0.15) is 5.10 Å². The molecular formula is C11H10Cl2N4O. The zero-order valence-corrected chi connectivity index (χ0v) is 10.8. The smallest absolute Gasteiger partial charge is 0.252 e. The molecule has 0 unspecified atom stereocenters. The molecule has 0 aliphatic carbocycles. The molecule has 0 aliphatic heterocycles. The average molecular weight is 285 g/mol. The van der Waals surface area contributed by atoms with Gasteiger partial charge in [-0.1, -0.05) is 23.2 Å². The molecule has 2 N–H and O–H groups in total. The van der Waals surface area contributed by atoms with Crippen LogP contribution >= 0.6 is 23.2 Å². The predicted octanol–water partition coefficient (Wildman–Crippen LogP) is 2.08. The maximum atomic E-state index is 11.8. The summed E-state index contributed by atoms with van der Waals surface area (Å²) in [6.07, 6.45) is 1.99. The summed E-state index contributed by atoms with van der Waals surface area (Å²) >= 11 is 11.7. The van der Waals surface area contributed by atoms with Crippen molar-refractivity contribution in [3.63, 3.8) is 0 Å². The average Bonchev–Trinajstić information content (AvgIpc) is 2.85. The highest BCUT2D eigenvalue weighted by Gasteiger charge is 2.10. The maximum Gasteiger partial charge on any atom is 0.252 e. The highest BCUT2D eigenvalue weighted by atomic mass is 35.5. The van der Waals surface area contributed by atoms with Crippen LogP contribution in [0.2, 0.25) is 10.0 Å². The van der Waals surface area contributed by atoms with E-state index in [1.165, 1.54) is 12.4 Å². The van der Waals surface area contributed by atoms with Crippen molar-refractivity contribution in [2.75, 3.05) is 6.54 Å². The SMILES string of the molecule is O=C(NCCc1ncn[nH]1)c1cc(Cl)ccc1Cl. The monoisotopic (exact) mass is 284 g/mol. The third-order valence-electron chi connectivity index (χ3n) is 2.29. The minimum absolute atomic E-state index is 0.262. The number of rotatable bonds is 4. The first-order valence-corrected chi connectivity index (χ1v) is 6.00. The lowest BCUT2D eigenvalue weighted by molar-refractivity contribution is 0.0954. The number of aromatic nitrogens is 3. The van der Waals surface area contributed by atoms with Crippen LogP contribution in [0.25, 0.3) is 0 Å². The van der Waals surface area contributed by atoms with Gasteiger partial charge in [-0.25, -0.2) is 4.98 Å². The summed E-state index contributed by atoms with van der Waals surface area (Å²) in [5, 5.41) is 10.0. The van der Waals surface area contributed by atoms with E-state index >= 15 is 0 Å². The van der Waals surface area contributed by atoms with Gasteiger partial charge in [0.15, 0.2) is 0 Å². The summed E-state index contributed by atoms with van der Waals surface area (Å²) < 4.78 is 0. The van der Waals surface area contributed by atoms with E-state index in [1.807, 2.05) is 0 Å². The number of carbonyl (C=O) groups excluding carboxylic acids is 1. The van der Waals surface area contributed by atoms with Crippen molar-refractivity contribution in [1.29, 1.82) is 0 Å². The molecule has 7 heteroatoms. The topological polar surface area (TPSA) is 70.7 Å². The van der Waals surface area contributed by atoms with Gasteiger partial charge in [-0.05, 0) is 18.2 Å². The Balaban J connectivity index is 1.93. The van der Waals surface area contributed by atoms with Crippen molar-refractivity contribution in [2.24, 2.45) is 0 Å². The van der Waals surface area contributed by atoms with E-state index in [2.05, 4.69) is 20.5 Å². The standard InChI is InChI=1S/C11H10Cl2N4O/c12-7-1-2-9(13)8(5-7)11(18)14-4-3-10-15-6-16-17-10/h1-2,5-6H,3-4H2,(H,14,18)(H,15,16,17). The zero-order chi connectivity index (χ0) is 13.0. The van der Waals surface area contributed by atoms with Gasteiger partial charge in [0.25, 0.3) is 5.91 Å². The van der Waals surface area contributed by atoms with Gasteiger partial charge in [0.2, 0.25) is 0 Å². The van der Waals surface area contributed by atoms with Gasteiger partial charge in [0.05, 0.1) is 10.6 Å². The summed E-state index contributed by atoms with van der Waals surface area (Å²) in [4.78, 5) is 15.8. The van der Waals surface area contributed by atoms with E-state index < -0.39 is 0 Å². The molecular weight excluding hydrogens is 275 g/mol. The molecule has 0 saturated carbocycles. The van der Waals surface area contributed by atoms with E-state index in [0.717, 1.165) is 0 Å². The van der Waals surface area contributed by atoms with Gasteiger partial charge in [-0.3, -0.25) is 9.89 Å². The fraction of sp³-hybridized carbons (Fsp3) is 0.182. The van der Waals surface area contributed by atoms with Gasteiger partial charge in [-0.15, -0.1) is 0 Å². The largest absolute Gasteiger partial charge is 0.352 e. The summed E-state index contributed by atoms with van der Waals surface area (Å²) in [6, 6.07) is 4.76. The van der Waals surface area contributed by atoms with Gasteiger partial charge in [0.1, 0.15) is 12.2 Å². The third-order valence-corrected chi connectivity index (χ3v) is 2.85. The first-order chi connectivity index (χ1) is 8.66. The van der Waals surface area contributed by atoms with Gasteiger partial charge < -0.3 is 5.32 Å². The second-order valence-corrected chi connectivity index (χ2v) is 4.41. The number of H-pyrrole nitrogens is 1. The van der Waals surface area contributed by atoms with Gasteiger partial charge in [0, 0.05) is 18.0 Å². The molecule has 2 rings (SSSR count). The molecule has 0 aliphatic rings. The zero-order valence-electron chi connectivity index (χ0n) is 9.28. The number of nitrogens with one attached hydrogen (secondary N) is 2. The second-order valence-electron chi connectivity index (χ2n) is 3.56. The molecule has 0 saturated heterocycles. The molecule has 5 nitrogen and oxygen atoms in total. The summed E-state index contributed by atoms with van der Waals surface area (Å²) in [5.74, 6) is 0.453.